The second kappa shape index (κ2) is 5.79. The van der Waals surface area contributed by atoms with Crippen molar-refractivity contribution in [3.05, 3.63) is 45.7 Å². The summed E-state index contributed by atoms with van der Waals surface area (Å²) in [5, 5.41) is 4.41. The lowest BCUT2D eigenvalue weighted by atomic mass is 10.0. The van der Waals surface area contributed by atoms with E-state index < -0.39 is 6.04 Å². The second-order valence-electron chi connectivity index (χ2n) is 4.37. The van der Waals surface area contributed by atoms with Gasteiger partial charge in [0.2, 0.25) is 0 Å². The van der Waals surface area contributed by atoms with Crippen LogP contribution in [0.25, 0.3) is 0 Å². The Morgan fingerprint density at radius 2 is 2.26 bits per heavy atom. The number of hydrogen-bond acceptors (Lipinski definition) is 3. The Labute approximate surface area is 120 Å². The summed E-state index contributed by atoms with van der Waals surface area (Å²) in [6.07, 6.45) is 3.26. The van der Waals surface area contributed by atoms with Gasteiger partial charge in [0.1, 0.15) is 5.82 Å². The van der Waals surface area contributed by atoms with Crippen LogP contribution in [0, 0.1) is 12.7 Å². The molecule has 1 unspecified atom stereocenters. The quantitative estimate of drug-likeness (QED) is 0.939. The topological polar surface area (TPSA) is 56.7 Å². The molecule has 2 aromatic rings. The normalized spacial score (nSPS) is 12.7. The van der Waals surface area contributed by atoms with Crippen LogP contribution in [0.4, 0.5) is 4.39 Å². The summed E-state index contributed by atoms with van der Waals surface area (Å²) in [4.78, 5) is 3.73. The Morgan fingerprint density at radius 3 is 2.89 bits per heavy atom. The average Bonchev–Trinajstić information content (AvgIpc) is 2.67. The van der Waals surface area contributed by atoms with Gasteiger partial charge in [-0.15, -0.1) is 0 Å². The summed E-state index contributed by atoms with van der Waals surface area (Å²) in [7, 11) is 0. The molecule has 2 N–H and O–H groups in total. The minimum absolute atomic E-state index is 0.370. The maximum atomic E-state index is 13.7. The van der Waals surface area contributed by atoms with E-state index in [1.165, 1.54) is 6.20 Å². The molecule has 2 heterocycles. The van der Waals surface area contributed by atoms with Gasteiger partial charge in [-0.3, -0.25) is 9.67 Å². The maximum Gasteiger partial charge on any atom is 0.146 e. The Hall–Kier alpha value is -1.27. The van der Waals surface area contributed by atoms with Crippen LogP contribution in [0.2, 0.25) is 0 Å². The van der Waals surface area contributed by atoms with E-state index in [1.807, 2.05) is 18.5 Å². The number of aromatic nitrogens is 3. The highest BCUT2D eigenvalue weighted by Gasteiger charge is 2.18. The van der Waals surface area contributed by atoms with Crippen LogP contribution in [-0.4, -0.2) is 14.8 Å². The molecule has 0 aliphatic heterocycles. The first-order chi connectivity index (χ1) is 9.04. The van der Waals surface area contributed by atoms with Crippen LogP contribution in [0.15, 0.2) is 22.9 Å². The van der Waals surface area contributed by atoms with Crippen molar-refractivity contribution in [3.63, 3.8) is 0 Å². The van der Waals surface area contributed by atoms with Gasteiger partial charge in [-0.2, -0.15) is 5.10 Å². The van der Waals surface area contributed by atoms with Gasteiger partial charge in [0, 0.05) is 30.8 Å². The fourth-order valence-electron chi connectivity index (χ4n) is 2.07. The average molecular weight is 327 g/mol. The van der Waals surface area contributed by atoms with Crippen LogP contribution >= 0.6 is 15.9 Å². The number of hydrogen-bond donors (Lipinski definition) is 1. The van der Waals surface area contributed by atoms with Crippen molar-refractivity contribution in [2.24, 2.45) is 5.73 Å². The summed E-state index contributed by atoms with van der Waals surface area (Å²) in [6, 6.07) is 1.20. The molecule has 0 spiro atoms. The highest BCUT2D eigenvalue weighted by atomic mass is 79.9. The third kappa shape index (κ3) is 2.84. The number of nitrogens with zero attached hydrogens (tertiary/aromatic N) is 3. The van der Waals surface area contributed by atoms with Crippen LogP contribution in [0.1, 0.15) is 29.9 Å². The van der Waals surface area contributed by atoms with Crippen LogP contribution in [0.5, 0.6) is 0 Å². The third-order valence-electron chi connectivity index (χ3n) is 3.07. The molecule has 4 nitrogen and oxygen atoms in total. The van der Waals surface area contributed by atoms with Crippen LogP contribution in [0.3, 0.4) is 0 Å². The van der Waals surface area contributed by atoms with Crippen LogP contribution in [-0.2, 0) is 13.0 Å². The molecule has 102 valence electrons. The molecule has 0 aliphatic carbocycles. The molecule has 0 aliphatic rings. The lowest BCUT2D eigenvalue weighted by Gasteiger charge is -2.14. The molecular weight excluding hydrogens is 311 g/mol. The summed E-state index contributed by atoms with van der Waals surface area (Å²) in [6.45, 7) is 4.70. The number of aryl methyl sites for hydroxylation is 2. The van der Waals surface area contributed by atoms with E-state index in [9.17, 15) is 4.39 Å². The predicted molar refractivity (Wildman–Crippen MR) is 75.2 cm³/mol. The van der Waals surface area contributed by atoms with Gasteiger partial charge in [-0.05, 0) is 35.8 Å². The lowest BCUT2D eigenvalue weighted by Crippen LogP contribution is -2.17. The predicted octanol–water partition coefficient (Wildman–Crippen LogP) is 2.75. The molecule has 0 saturated heterocycles. The third-order valence-corrected chi connectivity index (χ3v) is 4.10. The van der Waals surface area contributed by atoms with Gasteiger partial charge in [-0.25, -0.2) is 4.39 Å². The fourth-order valence-corrected chi connectivity index (χ4v) is 2.51. The molecule has 0 amide bonds. The summed E-state index contributed by atoms with van der Waals surface area (Å²) in [5.41, 5.74) is 8.48. The highest BCUT2D eigenvalue weighted by Crippen LogP contribution is 2.26. The van der Waals surface area contributed by atoms with Gasteiger partial charge in [0.05, 0.1) is 22.1 Å². The summed E-state index contributed by atoms with van der Waals surface area (Å²) in [5.74, 6) is -0.370. The monoisotopic (exact) mass is 326 g/mol. The van der Waals surface area contributed by atoms with Gasteiger partial charge in [0.15, 0.2) is 0 Å². The molecule has 0 bridgehead atoms. The number of pyridine rings is 1. The Morgan fingerprint density at radius 1 is 1.53 bits per heavy atom. The standard InChI is InChI=1S/C13H16BrFN4/c1-3-19-12(13(14)8(2)18-19)6-11(16)9-4-5-17-7-10(9)15/h4-5,7,11H,3,6,16H2,1-2H3. The Bertz CT molecular complexity index is 582. The summed E-state index contributed by atoms with van der Waals surface area (Å²) < 4.78 is 16.5. The van der Waals surface area contributed by atoms with Gasteiger partial charge in [0.25, 0.3) is 0 Å². The fraction of sp³-hybridized carbons (Fsp3) is 0.385. The highest BCUT2D eigenvalue weighted by molar-refractivity contribution is 9.10. The first kappa shape index (κ1) is 14.1. The SMILES string of the molecule is CCn1nc(C)c(Br)c1CC(N)c1ccncc1F. The first-order valence-corrected chi connectivity index (χ1v) is 6.90. The number of halogens is 2. The molecule has 0 fully saturated rings. The van der Waals surface area contributed by atoms with Crippen molar-refractivity contribution in [1.29, 1.82) is 0 Å². The largest absolute Gasteiger partial charge is 0.324 e. The molecule has 0 saturated carbocycles. The van der Waals surface area contributed by atoms with E-state index in [0.717, 1.165) is 22.4 Å². The molecule has 0 aromatic carbocycles. The molecular formula is C13H16BrFN4. The lowest BCUT2D eigenvalue weighted by molar-refractivity contribution is 0.551. The molecule has 1 atom stereocenters. The molecule has 2 rings (SSSR count). The minimum Gasteiger partial charge on any atom is -0.324 e. The van der Waals surface area contributed by atoms with Crippen molar-refractivity contribution < 1.29 is 4.39 Å². The van der Waals surface area contributed by atoms with E-state index >= 15 is 0 Å². The second-order valence-corrected chi connectivity index (χ2v) is 5.16. The Balaban J connectivity index is 2.29. The van der Waals surface area contributed by atoms with Crippen LogP contribution < -0.4 is 5.73 Å². The molecule has 2 aromatic heterocycles. The minimum atomic E-state index is -0.416. The van der Waals surface area contributed by atoms with Gasteiger partial charge >= 0.3 is 0 Å². The van der Waals surface area contributed by atoms with Crippen molar-refractivity contribution in [3.8, 4) is 0 Å². The maximum absolute atomic E-state index is 13.7. The van der Waals surface area contributed by atoms with Gasteiger partial charge < -0.3 is 5.73 Å². The number of rotatable bonds is 4. The van der Waals surface area contributed by atoms with E-state index in [4.69, 9.17) is 5.73 Å². The van der Waals surface area contributed by atoms with Crippen molar-refractivity contribution in [2.45, 2.75) is 32.9 Å². The van der Waals surface area contributed by atoms with Gasteiger partial charge in [-0.1, -0.05) is 0 Å². The first-order valence-electron chi connectivity index (χ1n) is 6.11. The zero-order chi connectivity index (χ0) is 14.0. The molecule has 0 radical (unpaired) electrons. The summed E-state index contributed by atoms with van der Waals surface area (Å²) >= 11 is 3.52. The smallest absolute Gasteiger partial charge is 0.146 e. The number of nitrogens with two attached hydrogens (primary N) is 1. The van der Waals surface area contributed by atoms with E-state index in [-0.39, 0.29) is 5.82 Å². The van der Waals surface area contributed by atoms with Crippen molar-refractivity contribution in [2.75, 3.05) is 0 Å². The van der Waals surface area contributed by atoms with E-state index in [2.05, 4.69) is 26.0 Å². The Kier molecular flexibility index (Phi) is 4.31. The van der Waals surface area contributed by atoms with Crippen molar-refractivity contribution >= 4 is 15.9 Å². The zero-order valence-electron chi connectivity index (χ0n) is 10.9. The zero-order valence-corrected chi connectivity index (χ0v) is 12.5. The van der Waals surface area contributed by atoms with E-state index in [1.54, 1.807) is 12.3 Å². The molecule has 6 heteroatoms. The molecule has 19 heavy (non-hydrogen) atoms. The van der Waals surface area contributed by atoms with E-state index in [0.29, 0.717) is 12.0 Å². The van der Waals surface area contributed by atoms with Crippen molar-refractivity contribution in [1.82, 2.24) is 14.8 Å².